The molecular weight excluding hydrogens is 414 g/mol. The molecule has 0 saturated heterocycles. The quantitative estimate of drug-likeness (QED) is 0.468. The molecule has 0 spiro atoms. The second-order valence-electron chi connectivity index (χ2n) is 8.03. The number of methoxy groups -OCH3 is 1. The van der Waals surface area contributed by atoms with E-state index in [4.69, 9.17) is 4.74 Å². The Labute approximate surface area is 192 Å². The molecule has 0 saturated carbocycles. The van der Waals surface area contributed by atoms with Gasteiger partial charge in [-0.15, -0.1) is 0 Å². The first-order valence-corrected chi connectivity index (χ1v) is 10.7. The van der Waals surface area contributed by atoms with Gasteiger partial charge in [0.1, 0.15) is 11.5 Å². The highest BCUT2D eigenvalue weighted by molar-refractivity contribution is 6.09. The molecule has 1 amide bonds. The van der Waals surface area contributed by atoms with Gasteiger partial charge in [0.05, 0.1) is 19.3 Å². The fraction of sp³-hybridized carbons (Fsp3) is 0.107. The number of carbonyl (C=O) groups is 1. The lowest BCUT2D eigenvalue weighted by atomic mass is 9.87. The fourth-order valence-electron chi connectivity index (χ4n) is 4.52. The summed E-state index contributed by atoms with van der Waals surface area (Å²) in [5.41, 5.74) is 2.20. The van der Waals surface area contributed by atoms with Gasteiger partial charge in [-0.2, -0.15) is 0 Å². The van der Waals surface area contributed by atoms with Crippen molar-refractivity contribution in [3.05, 3.63) is 114 Å². The smallest absolute Gasteiger partial charge is 0.268 e. The van der Waals surface area contributed by atoms with Crippen LogP contribution in [0, 0.1) is 0 Å². The van der Waals surface area contributed by atoms with Gasteiger partial charge in [-0.1, -0.05) is 72.8 Å². The molecule has 1 unspecified atom stereocenters. The van der Waals surface area contributed by atoms with E-state index < -0.39 is 11.5 Å². The number of para-hydroxylation sites is 1. The zero-order chi connectivity index (χ0) is 23.0. The number of phenolic OH excluding ortho intramolecular Hbond substituents is 1. The van der Waals surface area contributed by atoms with E-state index in [0.717, 1.165) is 16.7 Å². The SMILES string of the molecule is COc1ccc(C2(O)C(=O)N(Cc3ccccc3-c3ccccc3)c3ccccc32)c(O)c1. The summed E-state index contributed by atoms with van der Waals surface area (Å²) in [7, 11) is 1.49. The maximum atomic E-state index is 13.8. The molecule has 2 N–H and O–H groups in total. The predicted octanol–water partition coefficient (Wildman–Crippen LogP) is 4.85. The van der Waals surface area contributed by atoms with Crippen LogP contribution in [0.1, 0.15) is 16.7 Å². The van der Waals surface area contributed by atoms with Crippen LogP contribution in [0.3, 0.4) is 0 Å². The molecule has 33 heavy (non-hydrogen) atoms. The Kier molecular flexibility index (Phi) is 5.11. The lowest BCUT2D eigenvalue weighted by molar-refractivity contribution is -0.132. The highest BCUT2D eigenvalue weighted by atomic mass is 16.5. The summed E-state index contributed by atoms with van der Waals surface area (Å²) in [4.78, 5) is 15.4. The van der Waals surface area contributed by atoms with E-state index in [-0.39, 0.29) is 17.9 Å². The monoisotopic (exact) mass is 437 g/mol. The molecule has 0 bridgehead atoms. The van der Waals surface area contributed by atoms with Crippen molar-refractivity contribution in [2.45, 2.75) is 12.1 Å². The van der Waals surface area contributed by atoms with Gasteiger partial charge in [-0.3, -0.25) is 4.79 Å². The third-order valence-corrected chi connectivity index (χ3v) is 6.16. The number of aromatic hydroxyl groups is 1. The number of ether oxygens (including phenoxy) is 1. The van der Waals surface area contributed by atoms with Crippen molar-refractivity contribution >= 4 is 11.6 Å². The lowest BCUT2D eigenvalue weighted by Crippen LogP contribution is -2.41. The van der Waals surface area contributed by atoms with E-state index in [1.165, 1.54) is 19.2 Å². The van der Waals surface area contributed by atoms with Gasteiger partial charge in [-0.25, -0.2) is 0 Å². The van der Waals surface area contributed by atoms with Gasteiger partial charge in [0.25, 0.3) is 5.91 Å². The maximum Gasteiger partial charge on any atom is 0.268 e. The first kappa shape index (κ1) is 20.8. The van der Waals surface area contributed by atoms with Crippen LogP contribution in [0.25, 0.3) is 11.1 Å². The zero-order valence-corrected chi connectivity index (χ0v) is 18.1. The van der Waals surface area contributed by atoms with Gasteiger partial charge in [0.2, 0.25) is 0 Å². The third kappa shape index (κ3) is 3.34. The summed E-state index contributed by atoms with van der Waals surface area (Å²) in [5.74, 6) is -0.272. The summed E-state index contributed by atoms with van der Waals surface area (Å²) < 4.78 is 5.16. The molecule has 1 heterocycles. The van der Waals surface area contributed by atoms with E-state index in [0.29, 0.717) is 17.0 Å². The van der Waals surface area contributed by atoms with Gasteiger partial charge >= 0.3 is 0 Å². The number of anilines is 1. The minimum Gasteiger partial charge on any atom is -0.507 e. The van der Waals surface area contributed by atoms with Gasteiger partial charge in [0.15, 0.2) is 5.60 Å². The molecule has 5 nitrogen and oxygen atoms in total. The number of nitrogens with zero attached hydrogens (tertiary/aromatic N) is 1. The number of fused-ring (bicyclic) bond motifs is 1. The van der Waals surface area contributed by atoms with Crippen LogP contribution in [0.15, 0.2) is 97.1 Å². The van der Waals surface area contributed by atoms with Crippen molar-refractivity contribution in [2.75, 3.05) is 12.0 Å². The molecule has 0 radical (unpaired) electrons. The predicted molar refractivity (Wildman–Crippen MR) is 127 cm³/mol. The minimum atomic E-state index is -2.01. The van der Waals surface area contributed by atoms with Crippen LogP contribution in [0.5, 0.6) is 11.5 Å². The normalized spacial score (nSPS) is 17.2. The Morgan fingerprint density at radius 2 is 1.55 bits per heavy atom. The standard InChI is InChI=1S/C28H23NO4/c1-33-21-15-16-24(26(30)17-21)28(32)23-13-7-8-14-25(23)29(27(28)31)18-20-11-5-6-12-22(20)19-9-3-2-4-10-19/h2-17,30,32H,18H2,1H3. The molecule has 0 fully saturated rings. The summed E-state index contributed by atoms with van der Waals surface area (Å²) in [5, 5.41) is 22.4. The third-order valence-electron chi connectivity index (χ3n) is 6.16. The van der Waals surface area contributed by atoms with Crippen molar-refractivity contribution in [3.63, 3.8) is 0 Å². The first-order valence-electron chi connectivity index (χ1n) is 10.7. The minimum absolute atomic E-state index is 0.125. The number of hydrogen-bond donors (Lipinski definition) is 2. The van der Waals surface area contributed by atoms with Crippen molar-refractivity contribution < 1.29 is 19.7 Å². The molecule has 5 heteroatoms. The van der Waals surface area contributed by atoms with E-state index in [1.54, 1.807) is 23.1 Å². The zero-order valence-electron chi connectivity index (χ0n) is 18.1. The Balaban J connectivity index is 1.60. The van der Waals surface area contributed by atoms with Crippen molar-refractivity contribution in [3.8, 4) is 22.6 Å². The van der Waals surface area contributed by atoms with E-state index in [9.17, 15) is 15.0 Å². The molecule has 4 aromatic carbocycles. The Morgan fingerprint density at radius 1 is 0.848 bits per heavy atom. The van der Waals surface area contributed by atoms with E-state index in [2.05, 4.69) is 0 Å². The van der Waals surface area contributed by atoms with Crippen molar-refractivity contribution in [2.24, 2.45) is 0 Å². The maximum absolute atomic E-state index is 13.8. The molecular formula is C28H23NO4. The van der Waals surface area contributed by atoms with Crippen LogP contribution in [-0.4, -0.2) is 23.2 Å². The van der Waals surface area contributed by atoms with Gasteiger partial charge in [-0.05, 0) is 34.9 Å². The first-order chi connectivity index (χ1) is 16.0. The van der Waals surface area contributed by atoms with Gasteiger partial charge < -0.3 is 19.8 Å². The molecule has 164 valence electrons. The van der Waals surface area contributed by atoms with E-state index in [1.807, 2.05) is 66.7 Å². The number of benzene rings is 4. The number of phenols is 1. The molecule has 1 aliphatic heterocycles. The second-order valence-corrected chi connectivity index (χ2v) is 8.03. The molecule has 5 rings (SSSR count). The summed E-state index contributed by atoms with van der Waals surface area (Å²) in [6, 6.07) is 29.6. The number of rotatable bonds is 5. The molecule has 0 aliphatic carbocycles. The largest absolute Gasteiger partial charge is 0.507 e. The van der Waals surface area contributed by atoms with Crippen LogP contribution in [0.2, 0.25) is 0 Å². The number of amides is 1. The topological polar surface area (TPSA) is 70.0 Å². The van der Waals surface area contributed by atoms with E-state index >= 15 is 0 Å². The van der Waals surface area contributed by atoms with Gasteiger partial charge in [0, 0.05) is 17.2 Å². The van der Waals surface area contributed by atoms with Crippen LogP contribution in [0.4, 0.5) is 5.69 Å². The average Bonchev–Trinajstić information content (AvgIpc) is 3.07. The molecule has 0 aromatic heterocycles. The average molecular weight is 437 g/mol. The summed E-state index contributed by atoms with van der Waals surface area (Å²) in [6.07, 6.45) is 0. The van der Waals surface area contributed by atoms with Crippen molar-refractivity contribution in [1.82, 2.24) is 0 Å². The van der Waals surface area contributed by atoms with Crippen LogP contribution in [-0.2, 0) is 16.9 Å². The Morgan fingerprint density at radius 3 is 2.30 bits per heavy atom. The number of hydrogen-bond acceptors (Lipinski definition) is 4. The second kappa shape index (κ2) is 8.11. The summed E-state index contributed by atoms with van der Waals surface area (Å²) in [6.45, 7) is 0.278. The Bertz CT molecular complexity index is 1330. The molecule has 1 aliphatic rings. The lowest BCUT2D eigenvalue weighted by Gasteiger charge is -2.25. The van der Waals surface area contributed by atoms with Crippen molar-refractivity contribution in [1.29, 1.82) is 0 Å². The molecule has 4 aromatic rings. The Hall–Kier alpha value is -4.09. The summed E-state index contributed by atoms with van der Waals surface area (Å²) >= 11 is 0. The number of carbonyl (C=O) groups excluding carboxylic acids is 1. The highest BCUT2D eigenvalue weighted by Crippen LogP contribution is 2.48. The highest BCUT2D eigenvalue weighted by Gasteiger charge is 2.52. The van der Waals surface area contributed by atoms with Crippen LogP contribution >= 0.6 is 0 Å². The molecule has 1 atom stereocenters. The number of aliphatic hydroxyl groups is 1. The fourth-order valence-corrected chi connectivity index (χ4v) is 4.52. The van der Waals surface area contributed by atoms with Crippen LogP contribution < -0.4 is 9.64 Å².